The molecule has 0 aliphatic rings. The normalized spacial score (nSPS) is 12.0. The number of amides is 2. The fraction of sp³-hybridized carbons (Fsp3) is 0.364. The van der Waals surface area contributed by atoms with Crippen LogP contribution < -0.4 is 20.3 Å². The lowest BCUT2D eigenvalue weighted by Gasteiger charge is -2.19. The Morgan fingerprint density at radius 3 is 2.04 bits per heavy atom. The van der Waals surface area contributed by atoms with Crippen LogP contribution in [0.25, 0.3) is 0 Å². The molecule has 0 unspecified atom stereocenters. The molecule has 0 spiro atoms. The third kappa shape index (κ3) is 6.01. The smallest absolute Gasteiger partial charge is 0.279 e. The molecule has 6 heteroatoms. The highest BCUT2D eigenvalue weighted by atomic mass is 16.5. The summed E-state index contributed by atoms with van der Waals surface area (Å²) in [4.78, 5) is 24.4. The van der Waals surface area contributed by atoms with Crippen LogP contribution >= 0.6 is 0 Å². The molecule has 1 atom stereocenters. The van der Waals surface area contributed by atoms with Crippen LogP contribution in [-0.4, -0.2) is 24.5 Å². The summed E-state index contributed by atoms with van der Waals surface area (Å²) in [6, 6.07) is 14.3. The Bertz CT molecular complexity index is 793. The molecule has 28 heavy (non-hydrogen) atoms. The summed E-state index contributed by atoms with van der Waals surface area (Å²) < 4.78 is 10.9. The molecule has 0 radical (unpaired) electrons. The van der Waals surface area contributed by atoms with E-state index < -0.39 is 12.0 Å². The monoisotopic (exact) mass is 384 g/mol. The molecule has 0 heterocycles. The predicted molar refractivity (Wildman–Crippen MR) is 108 cm³/mol. The Morgan fingerprint density at radius 1 is 0.929 bits per heavy atom. The van der Waals surface area contributed by atoms with Gasteiger partial charge in [0.25, 0.3) is 11.8 Å². The van der Waals surface area contributed by atoms with Gasteiger partial charge in [-0.05, 0) is 61.2 Å². The highest BCUT2D eigenvalue weighted by Crippen LogP contribution is 2.22. The van der Waals surface area contributed by atoms with Crippen molar-refractivity contribution in [1.82, 2.24) is 10.9 Å². The second-order valence-corrected chi connectivity index (χ2v) is 7.44. The van der Waals surface area contributed by atoms with E-state index in [1.807, 2.05) is 19.1 Å². The molecule has 2 amide bonds. The average Bonchev–Trinajstić information content (AvgIpc) is 2.67. The molecule has 0 aliphatic heterocycles. The fourth-order valence-corrected chi connectivity index (χ4v) is 2.45. The van der Waals surface area contributed by atoms with Crippen molar-refractivity contribution in [1.29, 1.82) is 0 Å². The first kappa shape index (κ1) is 21.3. The number of hydrazine groups is 1. The van der Waals surface area contributed by atoms with Gasteiger partial charge in [0.2, 0.25) is 0 Å². The van der Waals surface area contributed by atoms with Crippen molar-refractivity contribution in [2.24, 2.45) is 0 Å². The van der Waals surface area contributed by atoms with Crippen molar-refractivity contribution in [2.75, 3.05) is 6.61 Å². The van der Waals surface area contributed by atoms with E-state index in [4.69, 9.17) is 9.47 Å². The number of benzene rings is 2. The molecule has 2 N–H and O–H groups in total. The van der Waals surface area contributed by atoms with Crippen molar-refractivity contribution in [2.45, 2.75) is 46.1 Å². The molecule has 2 aromatic carbocycles. The minimum atomic E-state index is -0.776. The van der Waals surface area contributed by atoms with Gasteiger partial charge >= 0.3 is 0 Å². The van der Waals surface area contributed by atoms with Gasteiger partial charge in [-0.1, -0.05) is 32.9 Å². The van der Waals surface area contributed by atoms with Crippen molar-refractivity contribution < 1.29 is 19.1 Å². The molecule has 0 saturated carbocycles. The lowest BCUT2D eigenvalue weighted by Crippen LogP contribution is -2.47. The van der Waals surface area contributed by atoms with Gasteiger partial charge in [0.15, 0.2) is 6.10 Å². The van der Waals surface area contributed by atoms with Crippen LogP contribution in [0.5, 0.6) is 11.5 Å². The number of carbonyl (C=O) groups is 2. The van der Waals surface area contributed by atoms with Crippen LogP contribution in [-0.2, 0) is 10.2 Å². The van der Waals surface area contributed by atoms with Gasteiger partial charge in [0, 0.05) is 5.56 Å². The standard InChI is InChI=1S/C22H28N2O4/c1-6-27-18-11-13-19(14-12-18)28-15(2)20(25)23-24-21(26)16-7-9-17(10-8-16)22(3,4)5/h7-15H,6H2,1-5H3,(H,23,25)(H,24,26)/t15-/m0/s1. The van der Waals surface area contributed by atoms with Crippen LogP contribution in [0.4, 0.5) is 0 Å². The van der Waals surface area contributed by atoms with Crippen LogP contribution in [0.1, 0.15) is 50.5 Å². The number of ether oxygens (including phenoxy) is 2. The summed E-state index contributed by atoms with van der Waals surface area (Å²) in [6.07, 6.45) is -0.776. The maximum absolute atomic E-state index is 12.2. The summed E-state index contributed by atoms with van der Waals surface area (Å²) in [5, 5.41) is 0. The first-order chi connectivity index (χ1) is 13.2. The second kappa shape index (κ2) is 9.26. The van der Waals surface area contributed by atoms with Gasteiger partial charge in [-0.25, -0.2) is 0 Å². The molecule has 150 valence electrons. The first-order valence-electron chi connectivity index (χ1n) is 9.31. The quantitative estimate of drug-likeness (QED) is 0.746. The molecular weight excluding hydrogens is 356 g/mol. The van der Waals surface area contributed by atoms with E-state index in [0.29, 0.717) is 17.9 Å². The molecule has 0 bridgehead atoms. The largest absolute Gasteiger partial charge is 0.494 e. The van der Waals surface area contributed by atoms with E-state index in [2.05, 4.69) is 31.6 Å². The molecule has 6 nitrogen and oxygen atoms in total. The fourth-order valence-electron chi connectivity index (χ4n) is 2.45. The minimum Gasteiger partial charge on any atom is -0.494 e. The lowest BCUT2D eigenvalue weighted by atomic mass is 9.87. The molecule has 0 fully saturated rings. The van der Waals surface area contributed by atoms with Crippen LogP contribution in [0.3, 0.4) is 0 Å². The Kier molecular flexibility index (Phi) is 7.04. The Balaban J connectivity index is 1.85. The number of carbonyl (C=O) groups excluding carboxylic acids is 2. The number of hydrogen-bond donors (Lipinski definition) is 2. The third-order valence-corrected chi connectivity index (χ3v) is 4.13. The van der Waals surface area contributed by atoms with Gasteiger partial charge in [0.1, 0.15) is 11.5 Å². The van der Waals surface area contributed by atoms with Crippen molar-refractivity contribution >= 4 is 11.8 Å². The zero-order valence-corrected chi connectivity index (χ0v) is 17.0. The van der Waals surface area contributed by atoms with E-state index in [1.54, 1.807) is 43.3 Å². The Labute approximate surface area is 166 Å². The average molecular weight is 384 g/mol. The van der Waals surface area contributed by atoms with Gasteiger partial charge in [-0.2, -0.15) is 0 Å². The molecule has 0 aromatic heterocycles. The number of hydrogen-bond acceptors (Lipinski definition) is 4. The Hall–Kier alpha value is -3.02. The van der Waals surface area contributed by atoms with Crippen molar-refractivity contribution in [3.05, 3.63) is 59.7 Å². The summed E-state index contributed by atoms with van der Waals surface area (Å²) in [7, 11) is 0. The van der Waals surface area contributed by atoms with E-state index in [0.717, 1.165) is 11.3 Å². The highest BCUT2D eigenvalue weighted by Gasteiger charge is 2.17. The van der Waals surface area contributed by atoms with Crippen LogP contribution in [0, 0.1) is 0 Å². The molecule has 0 aliphatic carbocycles. The topological polar surface area (TPSA) is 76.7 Å². The zero-order chi connectivity index (χ0) is 20.7. The summed E-state index contributed by atoms with van der Waals surface area (Å²) in [5.41, 5.74) is 6.41. The highest BCUT2D eigenvalue weighted by molar-refractivity contribution is 5.95. The van der Waals surface area contributed by atoms with E-state index in [-0.39, 0.29) is 11.3 Å². The SMILES string of the molecule is CCOc1ccc(O[C@@H](C)C(=O)NNC(=O)c2ccc(C(C)(C)C)cc2)cc1. The molecule has 0 saturated heterocycles. The summed E-state index contributed by atoms with van der Waals surface area (Å²) in [5.74, 6) is 0.433. The summed E-state index contributed by atoms with van der Waals surface area (Å²) in [6.45, 7) is 10.4. The van der Waals surface area contributed by atoms with Gasteiger partial charge in [0.05, 0.1) is 6.61 Å². The zero-order valence-electron chi connectivity index (χ0n) is 17.0. The van der Waals surface area contributed by atoms with Crippen LogP contribution in [0.2, 0.25) is 0 Å². The Morgan fingerprint density at radius 2 is 1.50 bits per heavy atom. The molecule has 2 rings (SSSR count). The third-order valence-electron chi connectivity index (χ3n) is 4.13. The maximum Gasteiger partial charge on any atom is 0.279 e. The lowest BCUT2D eigenvalue weighted by molar-refractivity contribution is -0.128. The minimum absolute atomic E-state index is 0.0108. The van der Waals surface area contributed by atoms with Crippen molar-refractivity contribution in [3.63, 3.8) is 0 Å². The van der Waals surface area contributed by atoms with Gasteiger partial charge in [-0.15, -0.1) is 0 Å². The number of nitrogens with one attached hydrogen (secondary N) is 2. The van der Waals surface area contributed by atoms with Crippen LogP contribution in [0.15, 0.2) is 48.5 Å². The summed E-state index contributed by atoms with van der Waals surface area (Å²) >= 11 is 0. The van der Waals surface area contributed by atoms with Crippen molar-refractivity contribution in [3.8, 4) is 11.5 Å². The van der Waals surface area contributed by atoms with E-state index in [9.17, 15) is 9.59 Å². The molecule has 2 aromatic rings. The maximum atomic E-state index is 12.2. The predicted octanol–water partition coefficient (Wildman–Crippen LogP) is 3.61. The molecular formula is C22H28N2O4. The van der Waals surface area contributed by atoms with Gasteiger partial charge < -0.3 is 9.47 Å². The first-order valence-corrected chi connectivity index (χ1v) is 9.31. The second-order valence-electron chi connectivity index (χ2n) is 7.44. The van der Waals surface area contributed by atoms with E-state index in [1.165, 1.54) is 0 Å². The number of rotatable bonds is 6. The van der Waals surface area contributed by atoms with Gasteiger partial charge in [-0.3, -0.25) is 20.4 Å². The van der Waals surface area contributed by atoms with E-state index >= 15 is 0 Å².